The van der Waals surface area contributed by atoms with Crippen LogP contribution in [0.5, 0.6) is 23.0 Å². The van der Waals surface area contributed by atoms with Crippen LogP contribution in [0, 0.1) is 0 Å². The van der Waals surface area contributed by atoms with Gasteiger partial charge in [0.1, 0.15) is 56.3 Å². The van der Waals surface area contributed by atoms with Gasteiger partial charge in [0.25, 0.3) is 11.8 Å². The normalized spacial score (nSPS) is 22.5. The molecule has 6 N–H and O–H groups in total. The van der Waals surface area contributed by atoms with Gasteiger partial charge in [-0.05, 0) is 128 Å². The van der Waals surface area contributed by atoms with Gasteiger partial charge in [0, 0.05) is 79.3 Å². The van der Waals surface area contributed by atoms with Crippen molar-refractivity contribution in [2.45, 2.75) is 173 Å². The lowest BCUT2D eigenvalue weighted by Crippen LogP contribution is -2.54. The Morgan fingerprint density at radius 3 is 1.61 bits per heavy atom. The number of ether oxygens (including phenoxy) is 6. The highest BCUT2D eigenvalue weighted by Crippen LogP contribution is 2.44. The number of anilines is 4. The molecule has 2 saturated heterocycles. The largest absolute Gasteiger partial charge is 0.493 e. The van der Waals surface area contributed by atoms with Gasteiger partial charge >= 0.3 is 12.2 Å². The molecule has 0 aromatic heterocycles. The first-order valence-electron chi connectivity index (χ1n) is 35.0. The number of hydrogen-bond donors (Lipinski definition) is 6. The van der Waals surface area contributed by atoms with Crippen LogP contribution >= 0.6 is 21.6 Å². The number of carbonyl (C=O) groups excluding carboxylic acids is 12. The first kappa shape index (κ1) is 78.4. The zero-order valence-electron chi connectivity index (χ0n) is 60.3. The van der Waals surface area contributed by atoms with E-state index in [2.05, 4.69) is 31.9 Å². The molecule has 29 nitrogen and oxygen atoms in total. The van der Waals surface area contributed by atoms with Crippen molar-refractivity contribution in [1.29, 1.82) is 0 Å². The van der Waals surface area contributed by atoms with Crippen LogP contribution in [-0.4, -0.2) is 199 Å². The van der Waals surface area contributed by atoms with Gasteiger partial charge in [0.05, 0.1) is 68.1 Å². The fourth-order valence-corrected chi connectivity index (χ4v) is 15.2. The molecule has 11 amide bonds. The average Bonchev–Trinajstić information content (AvgIpc) is 1.58. The summed E-state index contributed by atoms with van der Waals surface area (Å²) in [4.78, 5) is 172. The number of nitrogens with zero attached hydrogens (tertiary/aromatic N) is 5. The minimum absolute atomic E-state index is 0.0595. The van der Waals surface area contributed by atoms with E-state index in [1.165, 1.54) is 73.3 Å². The third kappa shape index (κ3) is 19.9. The second-order valence-corrected chi connectivity index (χ2v) is 30.0. The van der Waals surface area contributed by atoms with Gasteiger partial charge in [-0.15, -0.1) is 0 Å². The molecule has 7 atom stereocenters. The van der Waals surface area contributed by atoms with E-state index in [0.29, 0.717) is 67.7 Å². The Balaban J connectivity index is 0.936. The molecule has 8 heterocycles. The molecule has 4 aromatic carbocycles. The van der Waals surface area contributed by atoms with E-state index < -0.39 is 96.8 Å². The predicted octanol–water partition coefficient (Wildman–Crippen LogP) is 7.51. The van der Waals surface area contributed by atoms with E-state index in [1.54, 1.807) is 89.5 Å². The van der Waals surface area contributed by atoms with Crippen molar-refractivity contribution in [3.63, 3.8) is 0 Å². The lowest BCUT2D eigenvalue weighted by atomic mass is 10.0. The summed E-state index contributed by atoms with van der Waals surface area (Å²) >= 11 is 0. The molecule has 0 aliphatic carbocycles. The van der Waals surface area contributed by atoms with Gasteiger partial charge in [0.15, 0.2) is 23.0 Å². The number of benzene rings is 4. The molecule has 104 heavy (non-hydrogen) atoms. The third-order valence-corrected chi connectivity index (χ3v) is 22.0. The molecule has 560 valence electrons. The molecule has 2 fully saturated rings. The Morgan fingerprint density at radius 1 is 0.577 bits per heavy atom. The van der Waals surface area contributed by atoms with E-state index in [-0.39, 0.29) is 131 Å². The molecule has 31 heteroatoms. The molecule has 8 aliphatic heterocycles. The van der Waals surface area contributed by atoms with E-state index in [0.717, 1.165) is 17.7 Å². The molecule has 12 rings (SSSR count). The Kier molecular flexibility index (Phi) is 26.8. The third-order valence-electron chi connectivity index (χ3n) is 18.7. The minimum atomic E-state index is -1.24. The van der Waals surface area contributed by atoms with Crippen LogP contribution in [0.25, 0.3) is 0 Å². The van der Waals surface area contributed by atoms with Crippen molar-refractivity contribution in [1.82, 2.24) is 36.0 Å². The van der Waals surface area contributed by atoms with E-state index in [4.69, 9.17) is 28.4 Å². The molecule has 0 spiro atoms. The summed E-state index contributed by atoms with van der Waals surface area (Å²) in [5.74, 6) is -4.16. The summed E-state index contributed by atoms with van der Waals surface area (Å²) < 4.78 is 35.8. The zero-order chi connectivity index (χ0) is 75.1. The lowest BCUT2D eigenvalue weighted by molar-refractivity contribution is -0.140. The van der Waals surface area contributed by atoms with Crippen molar-refractivity contribution < 1.29 is 86.0 Å². The molecule has 0 saturated carbocycles. The first-order valence-corrected chi connectivity index (χ1v) is 37.3. The number of methoxy groups -OCH3 is 2. The second-order valence-electron chi connectivity index (χ2n) is 26.9. The summed E-state index contributed by atoms with van der Waals surface area (Å²) in [7, 11) is 5.78. The van der Waals surface area contributed by atoms with Crippen LogP contribution in [0.4, 0.5) is 32.3 Å². The highest BCUT2D eigenvalue weighted by atomic mass is 33.1. The number of fused-ring (bicyclic) bond motifs is 2. The lowest BCUT2D eigenvalue weighted by Gasteiger charge is -2.33. The van der Waals surface area contributed by atoms with Crippen molar-refractivity contribution >= 4 is 115 Å². The van der Waals surface area contributed by atoms with Crippen LogP contribution in [-0.2, 0) is 61.0 Å². The second kappa shape index (κ2) is 35.6. The Bertz CT molecular complexity index is 3880. The van der Waals surface area contributed by atoms with E-state index in [9.17, 15) is 57.5 Å². The van der Waals surface area contributed by atoms with Gasteiger partial charge in [-0.1, -0.05) is 52.8 Å². The van der Waals surface area contributed by atoms with Crippen molar-refractivity contribution in [2.24, 2.45) is 0 Å². The van der Waals surface area contributed by atoms with Crippen LogP contribution in [0.1, 0.15) is 145 Å². The molecule has 0 radical (unpaired) electrons. The van der Waals surface area contributed by atoms with E-state index >= 15 is 0 Å². The van der Waals surface area contributed by atoms with Crippen LogP contribution in [0.15, 0.2) is 72.8 Å². The van der Waals surface area contributed by atoms with E-state index in [1.807, 2.05) is 20.8 Å². The quantitative estimate of drug-likeness (QED) is 0.0624. The van der Waals surface area contributed by atoms with Crippen molar-refractivity contribution in [2.75, 3.05) is 86.3 Å². The monoisotopic (exact) mass is 1480 g/mol. The summed E-state index contributed by atoms with van der Waals surface area (Å²) in [5, 5.41) is 15.7. The molecule has 4 aromatic rings. The van der Waals surface area contributed by atoms with Gasteiger partial charge in [-0.25, -0.2) is 9.59 Å². The van der Waals surface area contributed by atoms with Gasteiger partial charge in [-0.3, -0.25) is 57.7 Å². The molecule has 8 aliphatic rings. The number of rotatable bonds is 11. The summed E-state index contributed by atoms with van der Waals surface area (Å²) in [6.07, 6.45) is 2.90. The topological polar surface area (TPSA) is 349 Å². The number of carbonyl (C=O) groups is 12. The van der Waals surface area contributed by atoms with Crippen molar-refractivity contribution in [3.8, 4) is 23.0 Å². The van der Waals surface area contributed by atoms with Gasteiger partial charge < -0.3 is 75.0 Å². The maximum absolute atomic E-state index is 14.5. The predicted molar refractivity (Wildman–Crippen MR) is 390 cm³/mol. The molecular weight excluding hydrogens is 1380 g/mol. The summed E-state index contributed by atoms with van der Waals surface area (Å²) in [6.45, 7) is 12.7. The fourth-order valence-electron chi connectivity index (χ4n) is 12.7. The van der Waals surface area contributed by atoms with Crippen molar-refractivity contribution in [3.05, 3.63) is 95.1 Å². The number of nitrogens with one attached hydrogen (secondary N) is 6. The van der Waals surface area contributed by atoms with Crippen LogP contribution < -0.4 is 60.6 Å². The number of ketones is 1. The first-order chi connectivity index (χ1) is 49.6. The summed E-state index contributed by atoms with van der Waals surface area (Å²) in [5.41, 5.74) is 2.70. The molecular formula is C73H93N11O18S2. The van der Waals surface area contributed by atoms with Crippen LogP contribution in [0.2, 0.25) is 0 Å². The maximum atomic E-state index is 14.5. The number of hydrogen-bond acceptors (Lipinski definition) is 20. The highest BCUT2D eigenvalue weighted by molar-refractivity contribution is 8.77. The fraction of sp³-hybridized carbons (Fsp3) is 0.507. The zero-order valence-corrected chi connectivity index (χ0v) is 61.9. The SMILES string of the molecule is CCC(=O)CCC(C)(C)SSCCC(=O)N1CC(=O)N[C@@H](C)C(=O)N[C@@H](C)C(=O)Nc2ccc(cc2)COC(=O)N2C[C@@H]3CCCN3C(=O)c3cc(OC)c(cc32)OCCCOc2cc3c(cc2OC)C(=O)N2CCC[C@H]2C(C)N3C(=O)OCc2ccc(cc2)NC(=O)[C@H](C)NC(=O)[C@H](C)NC(=O)C1. The Labute approximate surface area is 612 Å². The Hall–Kier alpha value is -9.78. The maximum Gasteiger partial charge on any atom is 0.414 e. The average molecular weight is 1480 g/mol. The Morgan fingerprint density at radius 2 is 1.07 bits per heavy atom. The van der Waals surface area contributed by atoms with Crippen LogP contribution in [0.3, 0.4) is 0 Å². The van der Waals surface area contributed by atoms with Gasteiger partial charge in [-0.2, -0.15) is 0 Å². The minimum Gasteiger partial charge on any atom is -0.493 e. The number of amides is 11. The molecule has 8 bridgehead atoms. The standard InChI is InChI=1S/C73H93N11O18S2/c1-11-52(85)25-27-73(7,8)104-103-32-26-64(88)80-38-62(86)74-42(2)65(89)76-44(4)67(91)78-49-21-17-47(18-22-49)40-101-71(95)83-37-51-15-12-28-81(51)69(93)53-33-58(97-9)60(35-56(53)83)99-30-14-31-100-61-36-57-54(34-59(61)98-10)70(94)82-29-13-16-55(82)46(6)84(57)72(96)102-41-48-19-23-50(24-20-48)79-68(92)45(5)77-66(90)43(3)75-63(87)39-80/h17-24,33-36,42-46,51,55H,11-16,25-32,37-41H2,1-10H3,(H,74,86)(H,75,87)(H,76,89)(H,77,90)(H,78,91)(H,79,92)/t42-,43-,44-,45-,46?,51-,55-/m0/s1. The smallest absolute Gasteiger partial charge is 0.414 e. The highest BCUT2D eigenvalue weighted by Gasteiger charge is 2.45. The van der Waals surface area contributed by atoms with Gasteiger partial charge in [0.2, 0.25) is 41.4 Å². The summed E-state index contributed by atoms with van der Waals surface area (Å²) in [6, 6.07) is 13.2. The number of Topliss-reactive ketones (excluding diaryl/α,β-unsaturated/α-hetero) is 1. The molecule has 1 unspecified atom stereocenters.